The van der Waals surface area contributed by atoms with Gasteiger partial charge in [-0.3, -0.25) is 14.7 Å². The Morgan fingerprint density at radius 2 is 1.86 bits per heavy atom. The summed E-state index contributed by atoms with van der Waals surface area (Å²) >= 11 is 0. The fourth-order valence-corrected chi connectivity index (χ4v) is 6.11. The van der Waals surface area contributed by atoms with Crippen LogP contribution >= 0.6 is 0 Å². The SMILES string of the molecule is C[C@@H](c1cccnc1)N1C=NC2(CCN(c3ccc(-c4cc(-c5cnn(C)c5)cn5ncc(C#N)c45)cn3)CC2)C1=C=O. The lowest BCUT2D eigenvalue weighted by atomic mass is 9.85. The van der Waals surface area contributed by atoms with Gasteiger partial charge in [0.2, 0.25) is 0 Å². The predicted octanol–water partition coefficient (Wildman–Crippen LogP) is 4.22. The average molecular weight is 569 g/mol. The number of hydrogen-bond donors (Lipinski definition) is 0. The highest BCUT2D eigenvalue weighted by Gasteiger charge is 2.46. The van der Waals surface area contributed by atoms with Crippen molar-refractivity contribution < 1.29 is 4.79 Å². The Morgan fingerprint density at radius 3 is 2.53 bits per heavy atom. The van der Waals surface area contributed by atoms with Crippen LogP contribution in [0, 0.1) is 11.3 Å². The topological polar surface area (TPSA) is 121 Å². The summed E-state index contributed by atoms with van der Waals surface area (Å²) in [6.07, 6.45) is 15.8. The van der Waals surface area contributed by atoms with Crippen molar-refractivity contribution in [3.8, 4) is 28.3 Å². The molecule has 1 spiro atoms. The van der Waals surface area contributed by atoms with Gasteiger partial charge in [-0.05, 0) is 49.6 Å². The number of pyridine rings is 3. The third-order valence-corrected chi connectivity index (χ3v) is 8.55. The van der Waals surface area contributed by atoms with Crippen LogP contribution in [0.2, 0.25) is 0 Å². The fraction of sp³-hybridized carbons (Fsp3) is 0.250. The van der Waals surface area contributed by atoms with Gasteiger partial charge in [0.15, 0.2) is 0 Å². The first-order chi connectivity index (χ1) is 21.0. The minimum absolute atomic E-state index is 0.0685. The maximum absolute atomic E-state index is 12.2. The Labute approximate surface area is 248 Å². The normalized spacial score (nSPS) is 16.5. The van der Waals surface area contributed by atoms with Crippen LogP contribution in [0.3, 0.4) is 0 Å². The first-order valence-electron chi connectivity index (χ1n) is 14.1. The number of aliphatic imine (C=N–C) groups is 1. The van der Waals surface area contributed by atoms with Gasteiger partial charge in [-0.25, -0.2) is 14.3 Å². The number of aryl methyl sites for hydroxylation is 1. The van der Waals surface area contributed by atoms with Crippen LogP contribution in [0.4, 0.5) is 5.82 Å². The average Bonchev–Trinajstić information content (AvgIpc) is 3.78. The number of carbonyl (C=O) groups excluding carboxylic acids is 1. The van der Waals surface area contributed by atoms with E-state index in [2.05, 4.69) is 38.2 Å². The molecule has 212 valence electrons. The molecule has 7 rings (SSSR count). The van der Waals surface area contributed by atoms with Crippen LogP contribution in [0.1, 0.15) is 36.9 Å². The predicted molar refractivity (Wildman–Crippen MR) is 162 cm³/mol. The van der Waals surface area contributed by atoms with Gasteiger partial charge in [-0.1, -0.05) is 6.07 Å². The number of piperidine rings is 1. The van der Waals surface area contributed by atoms with Crippen LogP contribution in [0.5, 0.6) is 0 Å². The van der Waals surface area contributed by atoms with Crippen molar-refractivity contribution in [1.82, 2.24) is 34.3 Å². The summed E-state index contributed by atoms with van der Waals surface area (Å²) in [5.74, 6) is 3.08. The first kappa shape index (κ1) is 26.3. The van der Waals surface area contributed by atoms with Crippen molar-refractivity contribution in [3.63, 3.8) is 0 Å². The van der Waals surface area contributed by atoms with E-state index < -0.39 is 5.54 Å². The molecule has 0 N–H and O–H groups in total. The van der Waals surface area contributed by atoms with Crippen LogP contribution in [-0.2, 0) is 11.8 Å². The molecule has 5 aromatic rings. The zero-order chi connectivity index (χ0) is 29.6. The standard InChI is InChI=1S/C32H28N10O/c1-22(23-4-3-9-34-14-23)41-21-36-32(29(41)20-43)7-10-40(11-8-32)30-6-5-24(15-35-30)28-12-25(27-17-37-39(2)18-27)19-42-31(28)26(13-33)16-38-42/h3-6,9,12,14-19,21-22H,7-8,10-11H2,1-2H3/t22-/m0/s1. The molecule has 1 atom stereocenters. The lowest BCUT2D eigenvalue weighted by molar-refractivity contribution is 0.327. The minimum atomic E-state index is -0.581. The van der Waals surface area contributed by atoms with E-state index in [4.69, 9.17) is 9.98 Å². The molecule has 1 fully saturated rings. The van der Waals surface area contributed by atoms with Crippen LogP contribution in [-0.4, -0.2) is 65.2 Å². The fourth-order valence-electron chi connectivity index (χ4n) is 6.11. The first-order valence-corrected chi connectivity index (χ1v) is 14.1. The lowest BCUT2D eigenvalue weighted by Gasteiger charge is -2.39. The maximum Gasteiger partial charge on any atom is 0.148 e. The Kier molecular flexibility index (Phi) is 6.34. The zero-order valence-electron chi connectivity index (χ0n) is 23.8. The summed E-state index contributed by atoms with van der Waals surface area (Å²) in [7, 11) is 1.88. The van der Waals surface area contributed by atoms with Gasteiger partial charge in [-0.2, -0.15) is 15.5 Å². The molecular weight excluding hydrogens is 540 g/mol. The number of anilines is 1. The zero-order valence-corrected chi connectivity index (χ0v) is 23.8. The summed E-state index contributed by atoms with van der Waals surface area (Å²) in [5.41, 5.74) is 5.91. The lowest BCUT2D eigenvalue weighted by Crippen LogP contribution is -2.45. The second kappa shape index (κ2) is 10.4. The molecule has 43 heavy (non-hydrogen) atoms. The quantitative estimate of drug-likeness (QED) is 0.289. The summed E-state index contributed by atoms with van der Waals surface area (Å²) in [6, 6.07) is 12.2. The Morgan fingerprint density at radius 1 is 1.00 bits per heavy atom. The number of fused-ring (bicyclic) bond motifs is 1. The number of nitriles is 1. The van der Waals surface area contributed by atoms with Gasteiger partial charge < -0.3 is 9.80 Å². The van der Waals surface area contributed by atoms with Crippen LogP contribution in [0.15, 0.2) is 84.4 Å². The van der Waals surface area contributed by atoms with Gasteiger partial charge >= 0.3 is 0 Å². The molecule has 2 aliphatic heterocycles. The van der Waals surface area contributed by atoms with Gasteiger partial charge in [0.25, 0.3) is 0 Å². The van der Waals surface area contributed by atoms with Crippen molar-refractivity contribution in [2.75, 3.05) is 18.0 Å². The van der Waals surface area contributed by atoms with Crippen molar-refractivity contribution in [1.29, 1.82) is 5.26 Å². The second-order valence-corrected chi connectivity index (χ2v) is 11.0. The molecule has 0 aromatic carbocycles. The van der Waals surface area contributed by atoms with E-state index in [1.54, 1.807) is 27.9 Å². The largest absolute Gasteiger partial charge is 0.356 e. The van der Waals surface area contributed by atoms with E-state index in [9.17, 15) is 10.1 Å². The molecule has 0 radical (unpaired) electrons. The van der Waals surface area contributed by atoms with Gasteiger partial charge in [-0.15, -0.1) is 0 Å². The molecule has 11 heteroatoms. The number of aromatic nitrogens is 6. The van der Waals surface area contributed by atoms with Gasteiger partial charge in [0, 0.05) is 73.4 Å². The molecule has 0 aliphatic carbocycles. The third kappa shape index (κ3) is 4.45. The maximum atomic E-state index is 12.2. The van der Waals surface area contributed by atoms with Crippen molar-refractivity contribution in [2.24, 2.45) is 12.0 Å². The monoisotopic (exact) mass is 568 g/mol. The molecule has 0 bridgehead atoms. The van der Waals surface area contributed by atoms with Crippen LogP contribution in [0.25, 0.3) is 27.8 Å². The molecule has 0 amide bonds. The van der Waals surface area contributed by atoms with Gasteiger partial charge in [0.05, 0.1) is 35.9 Å². The summed E-state index contributed by atoms with van der Waals surface area (Å²) in [4.78, 5) is 30.3. The summed E-state index contributed by atoms with van der Waals surface area (Å²) < 4.78 is 3.50. The van der Waals surface area contributed by atoms with Crippen molar-refractivity contribution in [3.05, 3.63) is 90.5 Å². The smallest absolute Gasteiger partial charge is 0.148 e. The highest BCUT2D eigenvalue weighted by Crippen LogP contribution is 2.41. The molecule has 11 nitrogen and oxygen atoms in total. The van der Waals surface area contributed by atoms with E-state index >= 15 is 0 Å². The minimum Gasteiger partial charge on any atom is -0.356 e. The number of hydrogen-bond acceptors (Lipinski definition) is 9. The van der Waals surface area contributed by atoms with E-state index in [-0.39, 0.29) is 6.04 Å². The van der Waals surface area contributed by atoms with Crippen molar-refractivity contribution >= 4 is 23.6 Å². The Bertz CT molecular complexity index is 1940. The van der Waals surface area contributed by atoms with Crippen LogP contribution < -0.4 is 4.90 Å². The molecular formula is C32H28N10O. The highest BCUT2D eigenvalue weighted by atomic mass is 16.1. The Hall–Kier alpha value is -5.59. The van der Waals surface area contributed by atoms with E-state index in [0.29, 0.717) is 37.2 Å². The summed E-state index contributed by atoms with van der Waals surface area (Å²) in [5, 5.41) is 18.5. The third-order valence-electron chi connectivity index (χ3n) is 8.55. The molecule has 1 saturated heterocycles. The number of nitrogens with zero attached hydrogens (tertiary/aromatic N) is 10. The molecule has 0 unspecified atom stereocenters. The number of rotatable bonds is 5. The highest BCUT2D eigenvalue weighted by molar-refractivity contribution is 5.87. The van der Waals surface area contributed by atoms with Crippen molar-refractivity contribution in [2.45, 2.75) is 31.3 Å². The van der Waals surface area contributed by atoms with E-state index in [1.165, 1.54) is 0 Å². The molecule has 5 aromatic heterocycles. The summed E-state index contributed by atoms with van der Waals surface area (Å²) in [6.45, 7) is 3.45. The van der Waals surface area contributed by atoms with Gasteiger partial charge in [0.1, 0.15) is 29.1 Å². The van der Waals surface area contributed by atoms with E-state index in [0.717, 1.165) is 39.2 Å². The molecule has 0 saturated carbocycles. The second-order valence-electron chi connectivity index (χ2n) is 11.0. The molecule has 7 heterocycles. The molecule has 2 aliphatic rings. The van der Waals surface area contributed by atoms with E-state index in [1.807, 2.05) is 74.1 Å². The Balaban J connectivity index is 1.12.